The molecule has 4 rings (SSSR count). The number of aromatic nitrogens is 3. The van der Waals surface area contributed by atoms with Gasteiger partial charge in [-0.2, -0.15) is 5.10 Å². The number of fused-ring (bicyclic) bond motifs is 1. The van der Waals surface area contributed by atoms with Gasteiger partial charge in [0.15, 0.2) is 0 Å². The average Bonchev–Trinajstić information content (AvgIpc) is 3.23. The Morgan fingerprint density at radius 2 is 1.96 bits per heavy atom. The number of para-hydroxylation sites is 1. The van der Waals surface area contributed by atoms with Crippen molar-refractivity contribution in [2.24, 2.45) is 0 Å². The number of amides is 1. The van der Waals surface area contributed by atoms with Crippen molar-refractivity contribution >= 4 is 39.1 Å². The van der Waals surface area contributed by atoms with Crippen LogP contribution in [0.3, 0.4) is 0 Å². The fourth-order valence-electron chi connectivity index (χ4n) is 2.96. The highest BCUT2D eigenvalue weighted by molar-refractivity contribution is 7.20. The number of carbonyl (C=O) groups is 1. The number of hydrogen-bond acceptors (Lipinski definition) is 4. The van der Waals surface area contributed by atoms with Crippen LogP contribution in [0.4, 0.5) is 0 Å². The topological polar surface area (TPSA) is 51.0 Å². The standard InChI is InChI=1S/C20H17ClN4OS/c1-13-15-11-18(19(26)24(2)12-14-7-9-22-10-8-14)27-20(15)25(23-13)17-6-4-3-5-16(17)21/h3-11H,12H2,1-2H3. The Balaban J connectivity index is 1.69. The Kier molecular flexibility index (Phi) is 4.68. The Morgan fingerprint density at radius 3 is 2.70 bits per heavy atom. The number of thiophene rings is 1. The molecule has 3 aromatic heterocycles. The smallest absolute Gasteiger partial charge is 0.264 e. The van der Waals surface area contributed by atoms with Gasteiger partial charge in [0.25, 0.3) is 5.91 Å². The minimum Gasteiger partial charge on any atom is -0.337 e. The molecular formula is C20H17ClN4OS. The van der Waals surface area contributed by atoms with Crippen molar-refractivity contribution < 1.29 is 4.79 Å². The van der Waals surface area contributed by atoms with Gasteiger partial charge in [-0.3, -0.25) is 9.78 Å². The van der Waals surface area contributed by atoms with E-state index in [9.17, 15) is 4.79 Å². The molecule has 1 amide bonds. The van der Waals surface area contributed by atoms with Crippen molar-refractivity contribution in [2.45, 2.75) is 13.5 Å². The molecule has 27 heavy (non-hydrogen) atoms. The predicted octanol–water partition coefficient (Wildman–Crippen LogP) is 4.72. The second-order valence-corrected chi connectivity index (χ2v) is 7.73. The number of halogens is 1. The van der Waals surface area contributed by atoms with E-state index in [1.807, 2.05) is 54.1 Å². The summed E-state index contributed by atoms with van der Waals surface area (Å²) in [5, 5.41) is 6.20. The van der Waals surface area contributed by atoms with Gasteiger partial charge in [0, 0.05) is 31.4 Å². The summed E-state index contributed by atoms with van der Waals surface area (Å²) in [6.45, 7) is 2.47. The molecule has 0 unspecified atom stereocenters. The zero-order valence-electron chi connectivity index (χ0n) is 14.9. The van der Waals surface area contributed by atoms with Gasteiger partial charge in [-0.25, -0.2) is 4.68 Å². The van der Waals surface area contributed by atoms with Crippen molar-refractivity contribution in [2.75, 3.05) is 7.05 Å². The maximum absolute atomic E-state index is 12.9. The molecule has 7 heteroatoms. The first-order valence-electron chi connectivity index (χ1n) is 8.43. The molecule has 0 bridgehead atoms. The monoisotopic (exact) mass is 396 g/mol. The number of rotatable bonds is 4. The third-order valence-electron chi connectivity index (χ3n) is 4.35. The van der Waals surface area contributed by atoms with Gasteiger partial charge in [-0.1, -0.05) is 23.7 Å². The SMILES string of the molecule is Cc1nn(-c2ccccc2Cl)c2sc(C(=O)N(C)Cc3ccncc3)cc12. The molecular weight excluding hydrogens is 380 g/mol. The van der Waals surface area contributed by atoms with Crippen LogP contribution >= 0.6 is 22.9 Å². The Hall–Kier alpha value is -2.70. The zero-order chi connectivity index (χ0) is 19.0. The van der Waals surface area contributed by atoms with E-state index in [2.05, 4.69) is 10.1 Å². The number of nitrogens with zero attached hydrogens (tertiary/aromatic N) is 4. The van der Waals surface area contributed by atoms with E-state index >= 15 is 0 Å². The normalized spacial score (nSPS) is 11.1. The molecule has 0 saturated carbocycles. The van der Waals surface area contributed by atoms with Gasteiger partial charge in [0.2, 0.25) is 0 Å². The van der Waals surface area contributed by atoms with E-state index < -0.39 is 0 Å². The fraction of sp³-hybridized carbons (Fsp3) is 0.150. The quantitative estimate of drug-likeness (QED) is 0.501. The number of pyridine rings is 1. The van der Waals surface area contributed by atoms with Crippen LogP contribution in [0.2, 0.25) is 5.02 Å². The molecule has 0 atom stereocenters. The molecule has 0 aliphatic heterocycles. The molecule has 0 saturated heterocycles. The lowest BCUT2D eigenvalue weighted by molar-refractivity contribution is 0.0790. The second kappa shape index (κ2) is 7.13. The van der Waals surface area contributed by atoms with Gasteiger partial charge in [0.1, 0.15) is 4.83 Å². The van der Waals surface area contributed by atoms with E-state index in [1.165, 1.54) is 11.3 Å². The van der Waals surface area contributed by atoms with Crippen LogP contribution in [-0.4, -0.2) is 32.6 Å². The third kappa shape index (κ3) is 3.34. The summed E-state index contributed by atoms with van der Waals surface area (Å²) in [5.41, 5.74) is 2.72. The molecule has 0 spiro atoms. The Bertz CT molecular complexity index is 1120. The molecule has 4 aromatic rings. The summed E-state index contributed by atoms with van der Waals surface area (Å²) in [7, 11) is 1.81. The number of benzene rings is 1. The maximum atomic E-state index is 12.9. The second-order valence-electron chi connectivity index (χ2n) is 6.29. The maximum Gasteiger partial charge on any atom is 0.264 e. The lowest BCUT2D eigenvalue weighted by Gasteiger charge is -2.16. The third-order valence-corrected chi connectivity index (χ3v) is 5.77. The van der Waals surface area contributed by atoms with Gasteiger partial charge in [-0.15, -0.1) is 11.3 Å². The predicted molar refractivity (Wildman–Crippen MR) is 109 cm³/mol. The molecule has 0 radical (unpaired) electrons. The lowest BCUT2D eigenvalue weighted by atomic mass is 10.2. The summed E-state index contributed by atoms with van der Waals surface area (Å²) >= 11 is 7.78. The number of carbonyl (C=O) groups excluding carboxylic acids is 1. The lowest BCUT2D eigenvalue weighted by Crippen LogP contribution is -2.25. The first-order chi connectivity index (χ1) is 13.0. The van der Waals surface area contributed by atoms with Crippen molar-refractivity contribution in [1.29, 1.82) is 0 Å². The average molecular weight is 397 g/mol. The van der Waals surface area contributed by atoms with Gasteiger partial charge < -0.3 is 4.90 Å². The molecule has 5 nitrogen and oxygen atoms in total. The Morgan fingerprint density at radius 1 is 1.22 bits per heavy atom. The largest absolute Gasteiger partial charge is 0.337 e. The highest BCUT2D eigenvalue weighted by atomic mass is 35.5. The van der Waals surface area contributed by atoms with Crippen molar-refractivity contribution in [3.63, 3.8) is 0 Å². The first kappa shape index (κ1) is 17.7. The summed E-state index contributed by atoms with van der Waals surface area (Å²) < 4.78 is 1.82. The van der Waals surface area contributed by atoms with Crippen LogP contribution in [0, 0.1) is 6.92 Å². The fourth-order valence-corrected chi connectivity index (χ4v) is 4.35. The van der Waals surface area contributed by atoms with Crippen LogP contribution in [0.1, 0.15) is 20.9 Å². The van der Waals surface area contributed by atoms with Crippen LogP contribution < -0.4 is 0 Å². The highest BCUT2D eigenvalue weighted by Gasteiger charge is 2.20. The van der Waals surface area contributed by atoms with Gasteiger partial charge >= 0.3 is 0 Å². The molecule has 0 aliphatic rings. The highest BCUT2D eigenvalue weighted by Crippen LogP contribution is 2.33. The van der Waals surface area contributed by atoms with Crippen molar-refractivity contribution in [3.05, 3.63) is 76.0 Å². The van der Waals surface area contributed by atoms with E-state index in [0.29, 0.717) is 16.4 Å². The summed E-state index contributed by atoms with van der Waals surface area (Å²) in [5.74, 6) is -0.0156. The van der Waals surface area contributed by atoms with Crippen molar-refractivity contribution in [3.8, 4) is 5.69 Å². The van der Waals surface area contributed by atoms with Crippen LogP contribution in [-0.2, 0) is 6.54 Å². The minimum absolute atomic E-state index is 0.0156. The summed E-state index contributed by atoms with van der Waals surface area (Å²) in [6.07, 6.45) is 3.46. The zero-order valence-corrected chi connectivity index (χ0v) is 16.5. The first-order valence-corrected chi connectivity index (χ1v) is 9.62. The van der Waals surface area contributed by atoms with Crippen molar-refractivity contribution in [1.82, 2.24) is 19.7 Å². The van der Waals surface area contributed by atoms with Crippen LogP contribution in [0.15, 0.2) is 54.9 Å². The van der Waals surface area contributed by atoms with E-state index in [0.717, 1.165) is 27.2 Å². The van der Waals surface area contributed by atoms with Gasteiger partial charge in [0.05, 0.1) is 21.3 Å². The van der Waals surface area contributed by atoms with Gasteiger partial charge in [-0.05, 0) is 42.8 Å². The Labute approximate surface area is 165 Å². The van der Waals surface area contributed by atoms with Crippen LogP contribution in [0.25, 0.3) is 15.9 Å². The van der Waals surface area contributed by atoms with E-state index in [-0.39, 0.29) is 5.91 Å². The summed E-state index contributed by atoms with van der Waals surface area (Å²) in [6, 6.07) is 13.3. The number of aryl methyl sites for hydroxylation is 1. The minimum atomic E-state index is -0.0156. The molecule has 1 aromatic carbocycles. The van der Waals surface area contributed by atoms with E-state index in [4.69, 9.17) is 11.6 Å². The summed E-state index contributed by atoms with van der Waals surface area (Å²) in [4.78, 5) is 20.2. The van der Waals surface area contributed by atoms with E-state index in [1.54, 1.807) is 24.3 Å². The molecule has 3 heterocycles. The van der Waals surface area contributed by atoms with Crippen LogP contribution in [0.5, 0.6) is 0 Å². The molecule has 0 aliphatic carbocycles. The molecule has 0 fully saturated rings. The molecule has 136 valence electrons. The number of hydrogen-bond donors (Lipinski definition) is 0. The molecule has 0 N–H and O–H groups in total.